The van der Waals surface area contributed by atoms with Crippen LogP contribution in [0.1, 0.15) is 44.2 Å². The summed E-state index contributed by atoms with van der Waals surface area (Å²) in [6.45, 7) is 1.70. The predicted molar refractivity (Wildman–Crippen MR) is 67.9 cm³/mol. The van der Waals surface area contributed by atoms with E-state index in [4.69, 9.17) is 10.5 Å². The summed E-state index contributed by atoms with van der Waals surface area (Å²) in [5.74, 6) is 0.866. The van der Waals surface area contributed by atoms with Gasteiger partial charge in [-0.05, 0) is 50.3 Å². The van der Waals surface area contributed by atoms with E-state index in [0.29, 0.717) is 6.10 Å². The topological polar surface area (TPSA) is 55.5 Å². The van der Waals surface area contributed by atoms with Crippen LogP contribution in [-0.4, -0.2) is 17.3 Å². The Hall–Kier alpha value is -1.06. The van der Waals surface area contributed by atoms with Gasteiger partial charge in [-0.3, -0.25) is 0 Å². The number of aliphatic hydroxyl groups is 1. The third-order valence-electron chi connectivity index (χ3n) is 3.37. The number of hydrogen-bond acceptors (Lipinski definition) is 3. The third kappa shape index (κ3) is 3.20. The van der Waals surface area contributed by atoms with Gasteiger partial charge in [0.2, 0.25) is 0 Å². The Bertz CT molecular complexity index is 359. The van der Waals surface area contributed by atoms with Gasteiger partial charge in [-0.25, -0.2) is 0 Å². The van der Waals surface area contributed by atoms with Crippen LogP contribution in [0.2, 0.25) is 0 Å². The molecule has 1 aliphatic rings. The number of aliphatic hydroxyl groups excluding tert-OH is 1. The van der Waals surface area contributed by atoms with E-state index < -0.39 is 6.10 Å². The minimum Gasteiger partial charge on any atom is -0.490 e. The molecule has 0 aliphatic heterocycles. The van der Waals surface area contributed by atoms with Crippen molar-refractivity contribution in [3.8, 4) is 5.75 Å². The number of hydrogen-bond donors (Lipinski definition) is 2. The van der Waals surface area contributed by atoms with E-state index in [1.165, 1.54) is 12.8 Å². The van der Waals surface area contributed by atoms with Crippen LogP contribution < -0.4 is 10.5 Å². The lowest BCUT2D eigenvalue weighted by Crippen LogP contribution is -2.23. The predicted octanol–water partition coefficient (Wildman–Crippen LogP) is 2.39. The van der Waals surface area contributed by atoms with Crippen molar-refractivity contribution >= 4 is 0 Å². The van der Waals surface area contributed by atoms with E-state index in [2.05, 4.69) is 0 Å². The van der Waals surface area contributed by atoms with E-state index in [-0.39, 0.29) is 6.04 Å². The van der Waals surface area contributed by atoms with E-state index in [1.807, 2.05) is 24.3 Å². The normalized spacial score (nSPS) is 20.2. The first-order valence-corrected chi connectivity index (χ1v) is 6.37. The first-order chi connectivity index (χ1) is 8.16. The Morgan fingerprint density at radius 1 is 1.35 bits per heavy atom. The third-order valence-corrected chi connectivity index (χ3v) is 3.37. The molecule has 0 aromatic heterocycles. The van der Waals surface area contributed by atoms with Crippen molar-refractivity contribution in [2.45, 2.75) is 50.9 Å². The zero-order valence-electron chi connectivity index (χ0n) is 10.3. The molecule has 17 heavy (non-hydrogen) atoms. The van der Waals surface area contributed by atoms with E-state index >= 15 is 0 Å². The largest absolute Gasteiger partial charge is 0.490 e. The molecule has 0 radical (unpaired) electrons. The van der Waals surface area contributed by atoms with E-state index in [0.717, 1.165) is 24.2 Å². The molecule has 0 unspecified atom stereocenters. The van der Waals surface area contributed by atoms with E-state index in [9.17, 15) is 5.11 Å². The number of ether oxygens (including phenoxy) is 1. The fourth-order valence-electron chi connectivity index (χ4n) is 2.27. The van der Waals surface area contributed by atoms with Gasteiger partial charge in [0.15, 0.2) is 0 Å². The molecular weight excluding hydrogens is 214 g/mol. The van der Waals surface area contributed by atoms with E-state index in [1.54, 1.807) is 6.92 Å². The quantitative estimate of drug-likeness (QED) is 0.842. The molecule has 1 fully saturated rings. The minimum absolute atomic E-state index is 0.345. The smallest absolute Gasteiger partial charge is 0.120 e. The summed E-state index contributed by atoms with van der Waals surface area (Å²) >= 11 is 0. The lowest BCUT2D eigenvalue weighted by molar-refractivity contribution is 0.163. The summed E-state index contributed by atoms with van der Waals surface area (Å²) in [6.07, 6.45) is 4.62. The molecule has 0 heterocycles. The maximum absolute atomic E-state index is 9.48. The van der Waals surface area contributed by atoms with Crippen molar-refractivity contribution in [3.63, 3.8) is 0 Å². The molecule has 0 spiro atoms. The van der Waals surface area contributed by atoms with Crippen molar-refractivity contribution in [1.82, 2.24) is 0 Å². The molecule has 0 bridgehead atoms. The van der Waals surface area contributed by atoms with Crippen molar-refractivity contribution in [2.24, 2.45) is 5.73 Å². The van der Waals surface area contributed by atoms with Crippen LogP contribution in [0.4, 0.5) is 0 Å². The van der Waals surface area contributed by atoms with Crippen molar-refractivity contribution in [2.75, 3.05) is 0 Å². The lowest BCUT2D eigenvalue weighted by Gasteiger charge is -2.18. The Morgan fingerprint density at radius 2 is 2.06 bits per heavy atom. The van der Waals surface area contributed by atoms with Crippen LogP contribution in [0.5, 0.6) is 5.75 Å². The summed E-state index contributed by atoms with van der Waals surface area (Å²) in [6, 6.07) is 7.41. The van der Waals surface area contributed by atoms with Gasteiger partial charge in [-0.15, -0.1) is 0 Å². The molecule has 1 aliphatic carbocycles. The standard InChI is InChI=1S/C14H21NO2/c1-10(16)14(15)11-5-4-8-13(9-11)17-12-6-2-3-7-12/h4-5,8-10,12,14,16H,2-3,6-7,15H2,1H3/t10-,14+/m0/s1. The van der Waals surface area contributed by atoms with Gasteiger partial charge in [0.05, 0.1) is 18.2 Å². The number of rotatable bonds is 4. The SMILES string of the molecule is C[C@H](O)[C@@H](N)c1cccc(OC2CCCC2)c1. The summed E-state index contributed by atoms with van der Waals surface area (Å²) in [7, 11) is 0. The summed E-state index contributed by atoms with van der Waals surface area (Å²) in [4.78, 5) is 0. The second-order valence-electron chi connectivity index (χ2n) is 4.86. The average molecular weight is 235 g/mol. The molecule has 0 amide bonds. The highest BCUT2D eigenvalue weighted by Crippen LogP contribution is 2.26. The fourth-order valence-corrected chi connectivity index (χ4v) is 2.27. The first-order valence-electron chi connectivity index (χ1n) is 6.37. The van der Waals surface area contributed by atoms with Crippen LogP contribution in [0.3, 0.4) is 0 Å². The minimum atomic E-state index is -0.545. The Kier molecular flexibility index (Phi) is 4.02. The van der Waals surface area contributed by atoms with Gasteiger partial charge in [0.1, 0.15) is 5.75 Å². The number of benzene rings is 1. The van der Waals surface area contributed by atoms with Crippen LogP contribution in [0.25, 0.3) is 0 Å². The zero-order chi connectivity index (χ0) is 12.3. The molecule has 1 saturated carbocycles. The molecule has 1 aromatic rings. The van der Waals surface area contributed by atoms with Gasteiger partial charge in [-0.2, -0.15) is 0 Å². The van der Waals surface area contributed by atoms with Gasteiger partial charge in [-0.1, -0.05) is 12.1 Å². The highest BCUT2D eigenvalue weighted by atomic mass is 16.5. The molecule has 3 N–H and O–H groups in total. The van der Waals surface area contributed by atoms with Crippen molar-refractivity contribution in [1.29, 1.82) is 0 Å². The van der Waals surface area contributed by atoms with Crippen molar-refractivity contribution < 1.29 is 9.84 Å². The summed E-state index contributed by atoms with van der Waals surface area (Å²) in [5, 5.41) is 9.48. The molecule has 2 atom stereocenters. The summed E-state index contributed by atoms with van der Waals surface area (Å²) < 4.78 is 5.91. The molecule has 1 aromatic carbocycles. The second kappa shape index (κ2) is 5.52. The molecular formula is C14H21NO2. The molecule has 2 rings (SSSR count). The Morgan fingerprint density at radius 3 is 2.71 bits per heavy atom. The van der Waals surface area contributed by atoms with Gasteiger partial charge >= 0.3 is 0 Å². The first kappa shape index (κ1) is 12.4. The molecule has 0 saturated heterocycles. The lowest BCUT2D eigenvalue weighted by atomic mass is 10.0. The van der Waals surface area contributed by atoms with Crippen LogP contribution in [0, 0.1) is 0 Å². The number of nitrogens with two attached hydrogens (primary N) is 1. The van der Waals surface area contributed by atoms with Crippen LogP contribution >= 0.6 is 0 Å². The summed E-state index contributed by atoms with van der Waals surface area (Å²) in [5.41, 5.74) is 6.84. The molecule has 3 nitrogen and oxygen atoms in total. The van der Waals surface area contributed by atoms with Crippen molar-refractivity contribution in [3.05, 3.63) is 29.8 Å². The average Bonchev–Trinajstić information content (AvgIpc) is 2.81. The Labute approximate surface area is 103 Å². The molecule has 3 heteroatoms. The Balaban J connectivity index is 2.05. The van der Waals surface area contributed by atoms with Crippen LogP contribution in [0.15, 0.2) is 24.3 Å². The van der Waals surface area contributed by atoms with Gasteiger partial charge < -0.3 is 15.6 Å². The second-order valence-corrected chi connectivity index (χ2v) is 4.86. The maximum Gasteiger partial charge on any atom is 0.120 e. The highest BCUT2D eigenvalue weighted by molar-refractivity contribution is 5.31. The maximum atomic E-state index is 9.48. The molecule has 94 valence electrons. The highest BCUT2D eigenvalue weighted by Gasteiger charge is 2.17. The van der Waals surface area contributed by atoms with Crippen LogP contribution in [-0.2, 0) is 0 Å². The van der Waals surface area contributed by atoms with Gasteiger partial charge in [0.25, 0.3) is 0 Å². The zero-order valence-corrected chi connectivity index (χ0v) is 10.3. The fraction of sp³-hybridized carbons (Fsp3) is 0.571. The monoisotopic (exact) mass is 235 g/mol. The van der Waals surface area contributed by atoms with Gasteiger partial charge in [0, 0.05) is 0 Å².